The third-order valence-electron chi connectivity index (χ3n) is 2.99. The number of esters is 1. The van der Waals surface area contributed by atoms with Crippen LogP contribution in [-0.4, -0.2) is 18.4 Å². The summed E-state index contributed by atoms with van der Waals surface area (Å²) in [5.74, 6) is 0.398. The van der Waals surface area contributed by atoms with Crippen molar-refractivity contribution in [2.45, 2.75) is 26.2 Å². The van der Waals surface area contributed by atoms with Crippen LogP contribution >= 0.6 is 15.9 Å². The molecule has 3 heteroatoms. The van der Waals surface area contributed by atoms with Gasteiger partial charge in [-0.2, -0.15) is 0 Å². The van der Waals surface area contributed by atoms with Crippen LogP contribution in [0.15, 0.2) is 0 Å². The molecule has 0 radical (unpaired) electrons. The molecule has 2 atom stereocenters. The summed E-state index contributed by atoms with van der Waals surface area (Å²) in [4.78, 5) is 11.5. The molecule has 0 aromatic heterocycles. The second-order valence-corrected chi connectivity index (χ2v) is 4.30. The number of carbonyl (C=O) groups is 1. The number of halogens is 1. The van der Waals surface area contributed by atoms with Gasteiger partial charge in [0.15, 0.2) is 0 Å². The monoisotopic (exact) mass is 234 g/mol. The summed E-state index contributed by atoms with van der Waals surface area (Å²) in [7, 11) is 1.47. The van der Waals surface area contributed by atoms with E-state index < -0.39 is 0 Å². The molecule has 12 heavy (non-hydrogen) atoms. The number of rotatable bonds is 2. The Morgan fingerprint density at radius 1 is 1.75 bits per heavy atom. The Bertz CT molecular complexity index is 181. The average Bonchev–Trinajstić information content (AvgIpc) is 2.46. The minimum Gasteiger partial charge on any atom is -0.469 e. The quantitative estimate of drug-likeness (QED) is 0.542. The number of alkyl halides is 1. The lowest BCUT2D eigenvalue weighted by atomic mass is 9.81. The SMILES string of the molecule is COC(=O)[C@]1(C)CCC[C@H]1CBr. The number of hydrogen-bond acceptors (Lipinski definition) is 2. The Kier molecular flexibility index (Phi) is 3.16. The molecule has 0 unspecified atom stereocenters. The first-order valence-corrected chi connectivity index (χ1v) is 5.41. The van der Waals surface area contributed by atoms with Gasteiger partial charge in [0, 0.05) is 5.33 Å². The molecule has 0 aliphatic heterocycles. The van der Waals surface area contributed by atoms with Crippen molar-refractivity contribution in [3.05, 3.63) is 0 Å². The smallest absolute Gasteiger partial charge is 0.311 e. The third kappa shape index (κ3) is 1.51. The number of hydrogen-bond donors (Lipinski definition) is 0. The summed E-state index contributed by atoms with van der Waals surface area (Å²) in [5, 5.41) is 0.901. The summed E-state index contributed by atoms with van der Waals surface area (Å²) in [6, 6.07) is 0. The van der Waals surface area contributed by atoms with E-state index >= 15 is 0 Å². The van der Waals surface area contributed by atoms with E-state index in [4.69, 9.17) is 4.74 Å². The van der Waals surface area contributed by atoms with Gasteiger partial charge < -0.3 is 4.74 Å². The summed E-state index contributed by atoms with van der Waals surface area (Å²) in [6.45, 7) is 2.01. The van der Waals surface area contributed by atoms with Gasteiger partial charge in [0.05, 0.1) is 12.5 Å². The molecular weight excluding hydrogens is 220 g/mol. The zero-order valence-corrected chi connectivity index (χ0v) is 9.19. The first kappa shape index (κ1) is 10.0. The number of ether oxygens (including phenoxy) is 1. The molecule has 70 valence electrons. The Morgan fingerprint density at radius 2 is 2.42 bits per heavy atom. The van der Waals surface area contributed by atoms with Crippen LogP contribution in [0.4, 0.5) is 0 Å². The van der Waals surface area contributed by atoms with E-state index in [0.717, 1.165) is 24.6 Å². The first-order chi connectivity index (χ1) is 5.65. The van der Waals surface area contributed by atoms with Gasteiger partial charge in [-0.1, -0.05) is 22.4 Å². The van der Waals surface area contributed by atoms with Gasteiger partial charge in [-0.05, 0) is 25.7 Å². The molecule has 1 fully saturated rings. The zero-order valence-electron chi connectivity index (χ0n) is 7.60. The van der Waals surface area contributed by atoms with Crippen molar-refractivity contribution < 1.29 is 9.53 Å². The van der Waals surface area contributed by atoms with Crippen molar-refractivity contribution >= 4 is 21.9 Å². The zero-order chi connectivity index (χ0) is 9.19. The van der Waals surface area contributed by atoms with E-state index in [1.165, 1.54) is 7.11 Å². The molecule has 1 saturated carbocycles. The minimum atomic E-state index is -0.238. The van der Waals surface area contributed by atoms with Gasteiger partial charge in [-0.3, -0.25) is 4.79 Å². The maximum Gasteiger partial charge on any atom is 0.311 e. The molecule has 1 rings (SSSR count). The van der Waals surface area contributed by atoms with Crippen molar-refractivity contribution in [1.29, 1.82) is 0 Å². The molecule has 1 aliphatic carbocycles. The van der Waals surface area contributed by atoms with Crippen LogP contribution in [0.1, 0.15) is 26.2 Å². The van der Waals surface area contributed by atoms with Gasteiger partial charge in [0.25, 0.3) is 0 Å². The van der Waals surface area contributed by atoms with Crippen molar-refractivity contribution in [2.75, 3.05) is 12.4 Å². The van der Waals surface area contributed by atoms with Gasteiger partial charge in [0.2, 0.25) is 0 Å². The summed E-state index contributed by atoms with van der Waals surface area (Å²) in [5.41, 5.74) is -0.238. The fourth-order valence-corrected chi connectivity index (χ4v) is 3.03. The lowest BCUT2D eigenvalue weighted by molar-refractivity contribution is -0.153. The molecule has 0 amide bonds. The molecule has 0 aromatic carbocycles. The molecule has 0 spiro atoms. The average molecular weight is 235 g/mol. The molecule has 0 heterocycles. The van der Waals surface area contributed by atoms with Gasteiger partial charge in [-0.15, -0.1) is 0 Å². The summed E-state index contributed by atoms with van der Waals surface area (Å²) in [6.07, 6.45) is 3.24. The van der Waals surface area contributed by atoms with Crippen LogP contribution in [0.25, 0.3) is 0 Å². The van der Waals surface area contributed by atoms with Crippen molar-refractivity contribution in [3.8, 4) is 0 Å². The van der Waals surface area contributed by atoms with Gasteiger partial charge in [0.1, 0.15) is 0 Å². The molecule has 2 nitrogen and oxygen atoms in total. The summed E-state index contributed by atoms with van der Waals surface area (Å²) >= 11 is 3.44. The van der Waals surface area contributed by atoms with E-state index in [0.29, 0.717) is 5.92 Å². The fourth-order valence-electron chi connectivity index (χ4n) is 1.99. The molecule has 0 bridgehead atoms. The number of carbonyl (C=O) groups excluding carboxylic acids is 1. The normalized spacial score (nSPS) is 35.1. The van der Waals surface area contributed by atoms with Crippen LogP contribution in [0.2, 0.25) is 0 Å². The third-order valence-corrected chi connectivity index (χ3v) is 3.77. The highest BCUT2D eigenvalue weighted by Crippen LogP contribution is 2.44. The van der Waals surface area contributed by atoms with Crippen molar-refractivity contribution in [1.82, 2.24) is 0 Å². The Balaban J connectivity index is 2.74. The highest BCUT2D eigenvalue weighted by atomic mass is 79.9. The topological polar surface area (TPSA) is 26.3 Å². The Morgan fingerprint density at radius 3 is 2.92 bits per heavy atom. The lowest BCUT2D eigenvalue weighted by Gasteiger charge is -2.26. The van der Waals surface area contributed by atoms with E-state index in [9.17, 15) is 4.79 Å². The highest BCUT2D eigenvalue weighted by Gasteiger charge is 2.45. The predicted molar refractivity (Wildman–Crippen MR) is 51.3 cm³/mol. The fraction of sp³-hybridized carbons (Fsp3) is 0.889. The van der Waals surface area contributed by atoms with Crippen LogP contribution < -0.4 is 0 Å². The van der Waals surface area contributed by atoms with Crippen molar-refractivity contribution in [3.63, 3.8) is 0 Å². The van der Waals surface area contributed by atoms with Gasteiger partial charge >= 0.3 is 5.97 Å². The second kappa shape index (κ2) is 3.77. The van der Waals surface area contributed by atoms with Crippen LogP contribution in [0.3, 0.4) is 0 Å². The summed E-state index contributed by atoms with van der Waals surface area (Å²) < 4.78 is 4.81. The number of methoxy groups -OCH3 is 1. The molecule has 1 aliphatic rings. The van der Waals surface area contributed by atoms with Crippen LogP contribution in [-0.2, 0) is 9.53 Å². The maximum atomic E-state index is 11.5. The lowest BCUT2D eigenvalue weighted by Crippen LogP contribution is -2.33. The van der Waals surface area contributed by atoms with E-state index in [1.807, 2.05) is 6.92 Å². The molecule has 0 saturated heterocycles. The van der Waals surface area contributed by atoms with Crippen LogP contribution in [0, 0.1) is 11.3 Å². The predicted octanol–water partition coefficient (Wildman–Crippen LogP) is 2.36. The van der Waals surface area contributed by atoms with E-state index in [1.54, 1.807) is 0 Å². The standard InChI is InChI=1S/C9H15BrO2/c1-9(8(11)12-2)5-3-4-7(9)6-10/h7H,3-6H2,1-2H3/t7-,9+/m0/s1. The van der Waals surface area contributed by atoms with E-state index in [2.05, 4.69) is 15.9 Å². The molecule has 0 N–H and O–H groups in total. The van der Waals surface area contributed by atoms with Gasteiger partial charge in [-0.25, -0.2) is 0 Å². The molecule has 0 aromatic rings. The van der Waals surface area contributed by atoms with E-state index in [-0.39, 0.29) is 11.4 Å². The van der Waals surface area contributed by atoms with Crippen molar-refractivity contribution in [2.24, 2.45) is 11.3 Å². The largest absolute Gasteiger partial charge is 0.469 e. The molecular formula is C9H15BrO2. The Hall–Kier alpha value is -0.0500. The maximum absolute atomic E-state index is 11.5. The first-order valence-electron chi connectivity index (χ1n) is 4.29. The Labute approximate surface area is 81.8 Å². The second-order valence-electron chi connectivity index (χ2n) is 3.65. The van der Waals surface area contributed by atoms with Crippen LogP contribution in [0.5, 0.6) is 0 Å². The highest BCUT2D eigenvalue weighted by molar-refractivity contribution is 9.09. The minimum absolute atomic E-state index is 0.0514.